The second kappa shape index (κ2) is 8.16. The van der Waals surface area contributed by atoms with Crippen molar-refractivity contribution in [3.63, 3.8) is 0 Å². The second-order valence-electron chi connectivity index (χ2n) is 7.05. The van der Waals surface area contributed by atoms with Gasteiger partial charge >= 0.3 is 0 Å². The molecule has 6 nitrogen and oxygen atoms in total. The van der Waals surface area contributed by atoms with E-state index in [9.17, 15) is 9.59 Å². The molecule has 1 saturated carbocycles. The number of hydrogen-bond donors (Lipinski definition) is 2. The van der Waals surface area contributed by atoms with E-state index in [1.807, 2.05) is 25.1 Å². The fraction of sp³-hybridized carbons (Fsp3) is 0.579. The minimum atomic E-state index is -0.729. The molecular formula is C19H25ClN2O4. The van der Waals surface area contributed by atoms with Crippen LogP contribution in [0.3, 0.4) is 0 Å². The highest BCUT2D eigenvalue weighted by molar-refractivity contribution is 6.27. The van der Waals surface area contributed by atoms with E-state index in [2.05, 4.69) is 10.6 Å². The van der Waals surface area contributed by atoms with Crippen LogP contribution in [0.1, 0.15) is 39.0 Å². The number of fused-ring (bicyclic) bond motifs is 1. The van der Waals surface area contributed by atoms with Gasteiger partial charge in [0.05, 0.1) is 5.54 Å². The molecule has 7 heteroatoms. The summed E-state index contributed by atoms with van der Waals surface area (Å²) in [6.07, 6.45) is 3.66. The van der Waals surface area contributed by atoms with Crippen LogP contribution in [-0.4, -0.2) is 42.0 Å². The minimum Gasteiger partial charge on any atom is -0.482 e. The van der Waals surface area contributed by atoms with Crippen LogP contribution in [-0.2, 0) is 9.59 Å². The Labute approximate surface area is 158 Å². The van der Waals surface area contributed by atoms with E-state index in [4.69, 9.17) is 21.1 Å². The van der Waals surface area contributed by atoms with Crippen molar-refractivity contribution in [2.24, 2.45) is 0 Å². The van der Waals surface area contributed by atoms with Crippen molar-refractivity contribution in [1.29, 1.82) is 0 Å². The average molecular weight is 381 g/mol. The first-order valence-electron chi connectivity index (χ1n) is 9.10. The molecule has 1 fully saturated rings. The van der Waals surface area contributed by atoms with Gasteiger partial charge in [0.2, 0.25) is 12.0 Å². The maximum absolute atomic E-state index is 13.0. The largest absolute Gasteiger partial charge is 0.482 e. The number of carbonyl (C=O) groups excluding carboxylic acids is 2. The Bertz CT molecular complexity index is 661. The van der Waals surface area contributed by atoms with Crippen LogP contribution in [0.25, 0.3) is 0 Å². The zero-order chi connectivity index (χ0) is 18.6. The lowest BCUT2D eigenvalue weighted by Gasteiger charge is -2.40. The van der Waals surface area contributed by atoms with E-state index in [-0.39, 0.29) is 17.7 Å². The van der Waals surface area contributed by atoms with Crippen molar-refractivity contribution in [3.8, 4) is 11.5 Å². The Kier molecular flexibility index (Phi) is 5.91. The molecule has 1 aromatic carbocycles. The molecular weight excluding hydrogens is 356 g/mol. The lowest BCUT2D eigenvalue weighted by molar-refractivity contribution is -0.136. The van der Waals surface area contributed by atoms with Crippen molar-refractivity contribution in [1.82, 2.24) is 10.6 Å². The maximum atomic E-state index is 13.0. The van der Waals surface area contributed by atoms with Crippen molar-refractivity contribution in [2.75, 3.05) is 12.4 Å². The summed E-state index contributed by atoms with van der Waals surface area (Å²) in [4.78, 5) is 24.5. The number of para-hydroxylation sites is 2. The zero-order valence-corrected chi connectivity index (χ0v) is 15.7. The van der Waals surface area contributed by atoms with Gasteiger partial charge in [-0.1, -0.05) is 31.4 Å². The van der Waals surface area contributed by atoms with Crippen LogP contribution < -0.4 is 20.1 Å². The van der Waals surface area contributed by atoms with Gasteiger partial charge in [0.1, 0.15) is 12.0 Å². The molecule has 2 unspecified atom stereocenters. The summed E-state index contributed by atoms with van der Waals surface area (Å²) < 4.78 is 11.7. The standard InChI is InChI=1S/C19H25ClN2O4/c1-13-17(26-15-8-4-3-7-14(15)25-13)18(24)22-19(9-5-2-6-10-19)12-21-16(23)11-20/h3-4,7-8,13,17H,2,5-6,9-12H2,1H3,(H,21,23)(H,22,24). The Morgan fingerprint density at radius 2 is 1.81 bits per heavy atom. The third-order valence-electron chi connectivity index (χ3n) is 5.05. The van der Waals surface area contributed by atoms with E-state index >= 15 is 0 Å². The molecule has 1 aromatic rings. The van der Waals surface area contributed by atoms with Crippen molar-refractivity contribution in [3.05, 3.63) is 24.3 Å². The fourth-order valence-corrected chi connectivity index (χ4v) is 3.72. The molecule has 0 bridgehead atoms. The summed E-state index contributed by atoms with van der Waals surface area (Å²) in [5.41, 5.74) is -0.461. The highest BCUT2D eigenvalue weighted by atomic mass is 35.5. The summed E-state index contributed by atoms with van der Waals surface area (Å²) in [6, 6.07) is 7.33. The Hall–Kier alpha value is -1.95. The highest BCUT2D eigenvalue weighted by Crippen LogP contribution is 2.34. The number of amides is 2. The average Bonchev–Trinajstić information content (AvgIpc) is 2.66. The van der Waals surface area contributed by atoms with Gasteiger partial charge in [-0.15, -0.1) is 11.6 Å². The first kappa shape index (κ1) is 18.8. The predicted octanol–water partition coefficient (Wildman–Crippen LogP) is 2.39. The first-order chi connectivity index (χ1) is 12.5. The summed E-state index contributed by atoms with van der Waals surface area (Å²) in [7, 11) is 0. The summed E-state index contributed by atoms with van der Waals surface area (Å²) in [5, 5.41) is 5.96. The number of carbonyl (C=O) groups is 2. The molecule has 1 heterocycles. The van der Waals surface area contributed by atoms with Crippen molar-refractivity contribution in [2.45, 2.75) is 56.8 Å². The Morgan fingerprint density at radius 1 is 1.15 bits per heavy atom. The van der Waals surface area contributed by atoms with Crippen LogP contribution >= 0.6 is 11.6 Å². The monoisotopic (exact) mass is 380 g/mol. The lowest BCUT2D eigenvalue weighted by atomic mass is 9.81. The molecule has 142 valence electrons. The third kappa shape index (κ3) is 4.23. The predicted molar refractivity (Wildman–Crippen MR) is 98.6 cm³/mol. The number of ether oxygens (including phenoxy) is 2. The SMILES string of the molecule is CC1Oc2ccccc2OC1C(=O)NC1(CNC(=O)CCl)CCCCC1. The third-order valence-corrected chi connectivity index (χ3v) is 5.29. The van der Waals surface area contributed by atoms with E-state index in [1.165, 1.54) is 0 Å². The normalized spacial score (nSPS) is 23.8. The first-order valence-corrected chi connectivity index (χ1v) is 9.63. The molecule has 1 aliphatic carbocycles. The van der Waals surface area contributed by atoms with Crippen LogP contribution in [0.2, 0.25) is 0 Å². The van der Waals surface area contributed by atoms with Crippen LogP contribution in [0, 0.1) is 0 Å². The van der Waals surface area contributed by atoms with Crippen molar-refractivity contribution < 1.29 is 19.1 Å². The molecule has 2 atom stereocenters. The van der Waals surface area contributed by atoms with Crippen LogP contribution in [0.5, 0.6) is 11.5 Å². The Balaban J connectivity index is 1.70. The van der Waals surface area contributed by atoms with Gasteiger partial charge in [-0.25, -0.2) is 0 Å². The molecule has 3 rings (SSSR count). The molecule has 1 aliphatic heterocycles. The van der Waals surface area contributed by atoms with E-state index in [1.54, 1.807) is 6.07 Å². The molecule has 0 saturated heterocycles. The fourth-order valence-electron chi connectivity index (χ4n) is 3.63. The van der Waals surface area contributed by atoms with Crippen LogP contribution in [0.15, 0.2) is 24.3 Å². The molecule has 2 aliphatic rings. The smallest absolute Gasteiger partial charge is 0.265 e. The van der Waals surface area contributed by atoms with Gasteiger partial charge in [-0.3, -0.25) is 9.59 Å². The number of benzene rings is 1. The number of halogens is 1. The number of hydrogen-bond acceptors (Lipinski definition) is 4. The van der Waals surface area contributed by atoms with Gasteiger partial charge in [0.15, 0.2) is 11.5 Å². The number of rotatable bonds is 5. The molecule has 0 radical (unpaired) electrons. The zero-order valence-electron chi connectivity index (χ0n) is 14.9. The second-order valence-corrected chi connectivity index (χ2v) is 7.32. The maximum Gasteiger partial charge on any atom is 0.265 e. The number of alkyl halides is 1. The van der Waals surface area contributed by atoms with Crippen molar-refractivity contribution >= 4 is 23.4 Å². The highest BCUT2D eigenvalue weighted by Gasteiger charge is 2.40. The van der Waals surface area contributed by atoms with E-state index in [0.29, 0.717) is 18.0 Å². The topological polar surface area (TPSA) is 76.7 Å². The van der Waals surface area contributed by atoms with Crippen LogP contribution in [0.4, 0.5) is 0 Å². The van der Waals surface area contributed by atoms with Gasteiger partial charge in [-0.2, -0.15) is 0 Å². The molecule has 0 spiro atoms. The number of nitrogens with one attached hydrogen (secondary N) is 2. The van der Waals surface area contributed by atoms with E-state index < -0.39 is 17.7 Å². The molecule has 2 amide bonds. The molecule has 2 N–H and O–H groups in total. The van der Waals surface area contributed by atoms with Gasteiger partial charge in [-0.05, 0) is 31.9 Å². The summed E-state index contributed by atoms with van der Waals surface area (Å²) in [6.45, 7) is 2.20. The van der Waals surface area contributed by atoms with Gasteiger partial charge in [0.25, 0.3) is 5.91 Å². The van der Waals surface area contributed by atoms with Gasteiger partial charge in [0, 0.05) is 6.54 Å². The van der Waals surface area contributed by atoms with Gasteiger partial charge < -0.3 is 20.1 Å². The molecule has 26 heavy (non-hydrogen) atoms. The summed E-state index contributed by atoms with van der Waals surface area (Å²) >= 11 is 5.57. The minimum absolute atomic E-state index is 0.0859. The van der Waals surface area contributed by atoms with E-state index in [0.717, 1.165) is 32.1 Å². The summed E-state index contributed by atoms with van der Waals surface area (Å²) in [5.74, 6) is 0.682. The molecule has 0 aromatic heterocycles. The lowest BCUT2D eigenvalue weighted by Crippen LogP contribution is -2.61. The Morgan fingerprint density at radius 3 is 2.46 bits per heavy atom. The quantitative estimate of drug-likeness (QED) is 0.769.